The van der Waals surface area contributed by atoms with Crippen molar-refractivity contribution in [3.8, 4) is 10.6 Å². The summed E-state index contributed by atoms with van der Waals surface area (Å²) in [5, 5.41) is 13.1. The number of anilines is 1. The van der Waals surface area contributed by atoms with E-state index in [4.69, 9.17) is 0 Å². The summed E-state index contributed by atoms with van der Waals surface area (Å²) >= 11 is 1.26. The SMILES string of the molecule is Cc1cccc(-c2nnc(NC(=O)C3CCCN3S(=O)(=O)/C=C/c3ccccc3)s2)c1. The Labute approximate surface area is 185 Å². The number of nitrogens with one attached hydrogen (secondary N) is 1. The normalized spacial score (nSPS) is 17.3. The number of aryl methyl sites for hydroxylation is 1. The Morgan fingerprint density at radius 3 is 2.74 bits per heavy atom. The average Bonchev–Trinajstić information content (AvgIpc) is 3.43. The number of rotatable bonds is 6. The van der Waals surface area contributed by atoms with E-state index < -0.39 is 16.1 Å². The number of hydrogen-bond donors (Lipinski definition) is 1. The van der Waals surface area contributed by atoms with Gasteiger partial charge in [0.2, 0.25) is 21.1 Å². The van der Waals surface area contributed by atoms with Gasteiger partial charge in [-0.3, -0.25) is 10.1 Å². The first-order valence-corrected chi connectivity index (χ1v) is 12.2. The van der Waals surface area contributed by atoms with Gasteiger partial charge in [0.15, 0.2) is 0 Å². The van der Waals surface area contributed by atoms with Crippen LogP contribution in [-0.4, -0.2) is 41.4 Å². The first kappa shape index (κ1) is 21.4. The molecule has 1 saturated heterocycles. The van der Waals surface area contributed by atoms with E-state index in [2.05, 4.69) is 15.5 Å². The van der Waals surface area contributed by atoms with Crippen molar-refractivity contribution in [1.82, 2.24) is 14.5 Å². The second kappa shape index (κ2) is 9.09. The maximum Gasteiger partial charge on any atom is 0.244 e. The number of carbonyl (C=O) groups excluding carboxylic acids is 1. The number of sulfonamides is 1. The highest BCUT2D eigenvalue weighted by Gasteiger charge is 2.37. The molecule has 1 unspecified atom stereocenters. The first-order chi connectivity index (χ1) is 14.9. The molecule has 9 heteroatoms. The molecule has 1 amide bonds. The van der Waals surface area contributed by atoms with Gasteiger partial charge in [0.1, 0.15) is 11.0 Å². The standard InChI is InChI=1S/C22H22N4O3S2/c1-16-7-5-10-18(15-16)21-24-25-22(30-21)23-20(27)19-11-6-13-26(19)31(28,29)14-12-17-8-3-2-4-9-17/h2-5,7-10,12,14-15,19H,6,11,13H2,1H3,(H,23,25,27)/b14-12+. The lowest BCUT2D eigenvalue weighted by atomic mass is 10.1. The second-order valence-corrected chi connectivity index (χ2v) is 10.0. The van der Waals surface area contributed by atoms with E-state index in [1.165, 1.54) is 15.6 Å². The van der Waals surface area contributed by atoms with E-state index in [0.717, 1.165) is 22.1 Å². The molecular weight excluding hydrogens is 432 g/mol. The number of aromatic nitrogens is 2. The molecule has 4 rings (SSSR count). The Morgan fingerprint density at radius 1 is 1.16 bits per heavy atom. The third kappa shape index (κ3) is 5.07. The summed E-state index contributed by atoms with van der Waals surface area (Å²) in [5.74, 6) is -0.388. The number of hydrogen-bond acceptors (Lipinski definition) is 6. The van der Waals surface area contributed by atoms with Crippen LogP contribution < -0.4 is 5.32 Å². The van der Waals surface area contributed by atoms with E-state index in [9.17, 15) is 13.2 Å². The predicted molar refractivity (Wildman–Crippen MR) is 123 cm³/mol. The highest BCUT2D eigenvalue weighted by atomic mass is 32.2. The molecule has 1 atom stereocenters. The van der Waals surface area contributed by atoms with Gasteiger partial charge in [-0.05, 0) is 37.5 Å². The molecule has 0 bridgehead atoms. The molecule has 0 radical (unpaired) electrons. The van der Waals surface area contributed by atoms with Crippen molar-refractivity contribution in [3.63, 3.8) is 0 Å². The molecule has 3 aromatic rings. The Kier molecular flexibility index (Phi) is 6.26. The Morgan fingerprint density at radius 2 is 1.97 bits per heavy atom. The number of carbonyl (C=O) groups is 1. The van der Waals surface area contributed by atoms with Crippen molar-refractivity contribution in [1.29, 1.82) is 0 Å². The molecule has 1 aliphatic rings. The molecule has 0 spiro atoms. The number of amides is 1. The fraction of sp³-hybridized carbons (Fsp3) is 0.227. The highest BCUT2D eigenvalue weighted by molar-refractivity contribution is 7.92. The smallest absolute Gasteiger partial charge is 0.244 e. The predicted octanol–water partition coefficient (Wildman–Crippen LogP) is 3.92. The van der Waals surface area contributed by atoms with Crippen LogP contribution in [0.15, 0.2) is 60.0 Å². The summed E-state index contributed by atoms with van der Waals surface area (Å²) in [6.07, 6.45) is 2.64. The average molecular weight is 455 g/mol. The van der Waals surface area contributed by atoms with Gasteiger partial charge in [0, 0.05) is 17.5 Å². The summed E-state index contributed by atoms with van der Waals surface area (Å²) in [5.41, 5.74) is 2.81. The van der Waals surface area contributed by atoms with Gasteiger partial charge in [-0.25, -0.2) is 8.42 Å². The van der Waals surface area contributed by atoms with Crippen molar-refractivity contribution < 1.29 is 13.2 Å². The Hall–Kier alpha value is -2.88. The third-order valence-corrected chi connectivity index (χ3v) is 7.44. The third-order valence-electron chi connectivity index (χ3n) is 4.99. The zero-order chi connectivity index (χ0) is 21.8. The van der Waals surface area contributed by atoms with Crippen LogP contribution in [0.25, 0.3) is 16.6 Å². The maximum atomic E-state index is 12.8. The molecular formula is C22H22N4O3S2. The van der Waals surface area contributed by atoms with Crippen molar-refractivity contribution >= 4 is 38.5 Å². The minimum Gasteiger partial charge on any atom is -0.299 e. The molecule has 1 fully saturated rings. The van der Waals surface area contributed by atoms with Crippen LogP contribution in [0.3, 0.4) is 0 Å². The van der Waals surface area contributed by atoms with Crippen LogP contribution in [0.4, 0.5) is 5.13 Å². The summed E-state index contributed by atoms with van der Waals surface area (Å²) in [6, 6.07) is 16.3. The summed E-state index contributed by atoms with van der Waals surface area (Å²) in [7, 11) is -3.73. The van der Waals surface area contributed by atoms with Crippen LogP contribution in [0.2, 0.25) is 0 Å². The van der Waals surface area contributed by atoms with Gasteiger partial charge in [-0.15, -0.1) is 10.2 Å². The fourth-order valence-corrected chi connectivity index (χ4v) is 5.64. The van der Waals surface area contributed by atoms with Crippen LogP contribution in [0.1, 0.15) is 24.0 Å². The molecule has 1 N–H and O–H groups in total. The van der Waals surface area contributed by atoms with Crippen LogP contribution in [0.5, 0.6) is 0 Å². The number of benzene rings is 2. The lowest BCUT2D eigenvalue weighted by Crippen LogP contribution is -2.42. The zero-order valence-corrected chi connectivity index (χ0v) is 18.6. The van der Waals surface area contributed by atoms with Gasteiger partial charge in [0.05, 0.1) is 0 Å². The van der Waals surface area contributed by atoms with Crippen molar-refractivity contribution in [2.24, 2.45) is 0 Å². The quantitative estimate of drug-likeness (QED) is 0.610. The Balaban J connectivity index is 1.46. The van der Waals surface area contributed by atoms with Gasteiger partial charge in [0.25, 0.3) is 0 Å². The summed E-state index contributed by atoms with van der Waals surface area (Å²) in [4.78, 5) is 12.8. The Bertz CT molecular complexity index is 1210. The van der Waals surface area contributed by atoms with Gasteiger partial charge in [-0.2, -0.15) is 4.31 Å². The van der Waals surface area contributed by atoms with Gasteiger partial charge >= 0.3 is 0 Å². The summed E-state index contributed by atoms with van der Waals surface area (Å²) in [6.45, 7) is 2.30. The van der Waals surface area contributed by atoms with Crippen molar-refractivity contribution in [2.75, 3.05) is 11.9 Å². The monoisotopic (exact) mass is 454 g/mol. The molecule has 31 heavy (non-hydrogen) atoms. The van der Waals surface area contributed by atoms with Crippen molar-refractivity contribution in [3.05, 3.63) is 71.1 Å². The molecule has 1 aromatic heterocycles. The fourth-order valence-electron chi connectivity index (χ4n) is 3.47. The molecule has 7 nitrogen and oxygen atoms in total. The number of nitrogens with zero attached hydrogens (tertiary/aromatic N) is 3. The lowest BCUT2D eigenvalue weighted by Gasteiger charge is -2.21. The topological polar surface area (TPSA) is 92.3 Å². The lowest BCUT2D eigenvalue weighted by molar-refractivity contribution is -0.119. The zero-order valence-electron chi connectivity index (χ0n) is 16.9. The molecule has 160 valence electrons. The van der Waals surface area contributed by atoms with E-state index >= 15 is 0 Å². The molecule has 2 aromatic carbocycles. The molecule has 1 aliphatic heterocycles. The van der Waals surface area contributed by atoms with E-state index in [1.807, 2.05) is 61.5 Å². The van der Waals surface area contributed by atoms with Crippen LogP contribution in [0, 0.1) is 6.92 Å². The minimum atomic E-state index is -3.73. The molecule has 2 heterocycles. The minimum absolute atomic E-state index is 0.310. The molecule has 0 aliphatic carbocycles. The van der Waals surface area contributed by atoms with Gasteiger partial charge < -0.3 is 0 Å². The van der Waals surface area contributed by atoms with Gasteiger partial charge in [-0.1, -0.05) is 65.4 Å². The van der Waals surface area contributed by atoms with Crippen LogP contribution in [-0.2, 0) is 14.8 Å². The van der Waals surface area contributed by atoms with E-state index in [0.29, 0.717) is 29.5 Å². The van der Waals surface area contributed by atoms with E-state index in [-0.39, 0.29) is 5.91 Å². The van der Waals surface area contributed by atoms with E-state index in [1.54, 1.807) is 6.08 Å². The highest BCUT2D eigenvalue weighted by Crippen LogP contribution is 2.28. The largest absolute Gasteiger partial charge is 0.299 e. The summed E-state index contributed by atoms with van der Waals surface area (Å²) < 4.78 is 26.9. The molecule has 0 saturated carbocycles. The maximum absolute atomic E-state index is 12.8. The van der Waals surface area contributed by atoms with Crippen LogP contribution >= 0.6 is 11.3 Å². The second-order valence-electron chi connectivity index (χ2n) is 7.30. The first-order valence-electron chi connectivity index (χ1n) is 9.89. The van der Waals surface area contributed by atoms with Crippen molar-refractivity contribution in [2.45, 2.75) is 25.8 Å².